The first kappa shape index (κ1) is 14.3. The Morgan fingerprint density at radius 2 is 1.69 bits per heavy atom. The molecule has 16 heavy (non-hydrogen) atoms. The van der Waals surface area contributed by atoms with Gasteiger partial charge in [0.15, 0.2) is 0 Å². The van der Waals surface area contributed by atoms with Crippen LogP contribution >= 0.6 is 15.9 Å². The molecule has 0 saturated carbocycles. The van der Waals surface area contributed by atoms with E-state index in [0.717, 1.165) is 31.1 Å². The molecule has 0 N–H and O–H groups in total. The topological polar surface area (TPSA) is 3.24 Å². The first-order chi connectivity index (χ1) is 7.54. The molecule has 0 unspecified atom stereocenters. The molecule has 0 radical (unpaired) electrons. The van der Waals surface area contributed by atoms with Crippen LogP contribution in [0.4, 0.5) is 13.2 Å². The summed E-state index contributed by atoms with van der Waals surface area (Å²) in [5.74, 6) is -1.06. The molecule has 1 fully saturated rings. The van der Waals surface area contributed by atoms with Crippen molar-refractivity contribution in [3.05, 3.63) is 0 Å². The highest BCUT2D eigenvalue weighted by atomic mass is 79.9. The van der Waals surface area contributed by atoms with E-state index in [0.29, 0.717) is 13.1 Å². The lowest BCUT2D eigenvalue weighted by atomic mass is 9.96. The molecule has 0 aromatic rings. The molecule has 5 heteroatoms. The Balaban J connectivity index is 2.12. The lowest BCUT2D eigenvalue weighted by Crippen LogP contribution is -2.39. The quantitative estimate of drug-likeness (QED) is 0.551. The summed E-state index contributed by atoms with van der Waals surface area (Å²) in [6, 6.07) is 0. The maximum Gasteiger partial charge on any atom is 0.391 e. The number of hydrogen-bond donors (Lipinski definition) is 0. The molecule has 0 amide bonds. The van der Waals surface area contributed by atoms with Gasteiger partial charge in [-0.15, -0.1) is 0 Å². The molecule has 1 heterocycles. The van der Waals surface area contributed by atoms with E-state index in [1.807, 2.05) is 0 Å². The normalized spacial score (nSPS) is 20.2. The highest BCUT2D eigenvalue weighted by Gasteiger charge is 2.40. The predicted octanol–water partition coefficient (Wildman–Crippen LogP) is 3.83. The van der Waals surface area contributed by atoms with Crippen molar-refractivity contribution in [1.29, 1.82) is 0 Å². The zero-order valence-electron chi connectivity index (χ0n) is 9.40. The number of rotatable bonds is 5. The number of piperidine rings is 1. The smallest absolute Gasteiger partial charge is 0.303 e. The van der Waals surface area contributed by atoms with Crippen molar-refractivity contribution in [2.45, 2.75) is 38.3 Å². The Bertz CT molecular complexity index is 188. The van der Waals surface area contributed by atoms with Crippen LogP contribution in [0.15, 0.2) is 0 Å². The van der Waals surface area contributed by atoms with Crippen molar-refractivity contribution in [2.24, 2.45) is 5.92 Å². The summed E-state index contributed by atoms with van der Waals surface area (Å²) in [6.45, 7) is 2.18. The van der Waals surface area contributed by atoms with Gasteiger partial charge in [0.1, 0.15) is 0 Å². The van der Waals surface area contributed by atoms with Crippen molar-refractivity contribution in [3.8, 4) is 0 Å². The summed E-state index contributed by atoms with van der Waals surface area (Å²) in [5.41, 5.74) is 0. The number of unbranched alkanes of at least 4 members (excludes halogenated alkanes) is 2. The number of halogens is 4. The summed E-state index contributed by atoms with van der Waals surface area (Å²) in [7, 11) is 0. The lowest BCUT2D eigenvalue weighted by Gasteiger charge is -2.32. The van der Waals surface area contributed by atoms with E-state index in [9.17, 15) is 13.2 Å². The second kappa shape index (κ2) is 6.84. The number of alkyl halides is 4. The highest BCUT2D eigenvalue weighted by molar-refractivity contribution is 9.09. The Morgan fingerprint density at radius 3 is 2.19 bits per heavy atom. The Labute approximate surface area is 104 Å². The fraction of sp³-hybridized carbons (Fsp3) is 1.00. The van der Waals surface area contributed by atoms with Crippen molar-refractivity contribution in [1.82, 2.24) is 4.90 Å². The molecule has 1 nitrogen and oxygen atoms in total. The minimum Gasteiger partial charge on any atom is -0.303 e. The van der Waals surface area contributed by atoms with Gasteiger partial charge in [-0.25, -0.2) is 0 Å². The molecule has 0 aromatic heterocycles. The average molecular weight is 302 g/mol. The predicted molar refractivity (Wildman–Crippen MR) is 62.9 cm³/mol. The molecule has 1 saturated heterocycles. The van der Waals surface area contributed by atoms with Crippen molar-refractivity contribution >= 4 is 15.9 Å². The van der Waals surface area contributed by atoms with Crippen LogP contribution in [0.2, 0.25) is 0 Å². The van der Waals surface area contributed by atoms with Gasteiger partial charge in [-0.05, 0) is 45.3 Å². The maximum atomic E-state index is 12.4. The number of nitrogens with zero attached hydrogens (tertiary/aromatic N) is 1. The van der Waals surface area contributed by atoms with Gasteiger partial charge in [0.2, 0.25) is 0 Å². The Morgan fingerprint density at radius 1 is 1.06 bits per heavy atom. The van der Waals surface area contributed by atoms with Crippen LogP contribution in [0.5, 0.6) is 0 Å². The van der Waals surface area contributed by atoms with Crippen LogP contribution in [-0.4, -0.2) is 36.0 Å². The number of hydrogen-bond acceptors (Lipinski definition) is 1. The van der Waals surface area contributed by atoms with E-state index in [2.05, 4.69) is 20.8 Å². The van der Waals surface area contributed by atoms with Crippen LogP contribution in [0, 0.1) is 5.92 Å². The van der Waals surface area contributed by atoms with E-state index in [4.69, 9.17) is 0 Å². The van der Waals surface area contributed by atoms with Crippen LogP contribution in [0.25, 0.3) is 0 Å². The van der Waals surface area contributed by atoms with Crippen LogP contribution in [0.3, 0.4) is 0 Å². The molecule has 96 valence electrons. The van der Waals surface area contributed by atoms with E-state index >= 15 is 0 Å². The largest absolute Gasteiger partial charge is 0.391 e. The zero-order chi connectivity index (χ0) is 12.0. The summed E-state index contributed by atoms with van der Waals surface area (Å²) >= 11 is 3.37. The molecular weight excluding hydrogens is 283 g/mol. The lowest BCUT2D eigenvalue weighted by molar-refractivity contribution is -0.185. The second-order valence-electron chi connectivity index (χ2n) is 4.41. The second-order valence-corrected chi connectivity index (χ2v) is 5.20. The molecule has 0 bridgehead atoms. The minimum atomic E-state index is -3.98. The van der Waals surface area contributed by atoms with E-state index in [1.165, 1.54) is 0 Å². The van der Waals surface area contributed by atoms with Gasteiger partial charge in [-0.1, -0.05) is 22.4 Å². The van der Waals surface area contributed by atoms with Gasteiger partial charge in [0.25, 0.3) is 0 Å². The van der Waals surface area contributed by atoms with E-state index < -0.39 is 12.1 Å². The van der Waals surface area contributed by atoms with E-state index in [-0.39, 0.29) is 12.8 Å². The summed E-state index contributed by atoms with van der Waals surface area (Å²) < 4.78 is 37.2. The molecular formula is C11H19BrF3N. The average Bonchev–Trinajstić information content (AvgIpc) is 2.24. The highest BCUT2D eigenvalue weighted by Crippen LogP contribution is 2.34. The third-order valence-corrected chi connectivity index (χ3v) is 3.72. The molecule has 1 aliphatic rings. The molecule has 0 aromatic carbocycles. The first-order valence-corrected chi connectivity index (χ1v) is 7.01. The van der Waals surface area contributed by atoms with Gasteiger partial charge < -0.3 is 4.90 Å². The summed E-state index contributed by atoms with van der Waals surface area (Å²) in [6.07, 6.45) is -0.0162. The van der Waals surface area contributed by atoms with Gasteiger partial charge in [0.05, 0.1) is 5.92 Å². The molecule has 1 rings (SSSR count). The van der Waals surface area contributed by atoms with Crippen LogP contribution < -0.4 is 0 Å². The van der Waals surface area contributed by atoms with Gasteiger partial charge in [-0.2, -0.15) is 13.2 Å². The Kier molecular flexibility index (Phi) is 6.11. The van der Waals surface area contributed by atoms with Gasteiger partial charge in [-0.3, -0.25) is 0 Å². The fourth-order valence-corrected chi connectivity index (χ4v) is 2.49. The van der Waals surface area contributed by atoms with Crippen LogP contribution in [0.1, 0.15) is 32.1 Å². The minimum absolute atomic E-state index is 0.280. The first-order valence-electron chi connectivity index (χ1n) is 5.89. The summed E-state index contributed by atoms with van der Waals surface area (Å²) in [4.78, 5) is 2.16. The van der Waals surface area contributed by atoms with Crippen molar-refractivity contribution in [2.75, 3.05) is 25.0 Å². The van der Waals surface area contributed by atoms with Crippen LogP contribution in [-0.2, 0) is 0 Å². The Hall–Kier alpha value is 0.230. The SMILES string of the molecule is FC(F)(F)C1CCN(CCCCCBr)CC1. The monoisotopic (exact) mass is 301 g/mol. The maximum absolute atomic E-state index is 12.4. The standard InChI is InChI=1S/C11H19BrF3N/c12-6-2-1-3-7-16-8-4-10(5-9-16)11(13,14)15/h10H,1-9H2. The number of likely N-dealkylation sites (tertiary alicyclic amines) is 1. The molecule has 1 aliphatic heterocycles. The molecule has 0 spiro atoms. The van der Waals surface area contributed by atoms with Gasteiger partial charge >= 0.3 is 6.18 Å². The third kappa shape index (κ3) is 5.04. The van der Waals surface area contributed by atoms with Crippen molar-refractivity contribution < 1.29 is 13.2 Å². The zero-order valence-corrected chi connectivity index (χ0v) is 11.0. The van der Waals surface area contributed by atoms with E-state index in [1.54, 1.807) is 0 Å². The van der Waals surface area contributed by atoms with Crippen molar-refractivity contribution in [3.63, 3.8) is 0 Å². The van der Waals surface area contributed by atoms with Gasteiger partial charge in [0, 0.05) is 5.33 Å². The summed E-state index contributed by atoms with van der Waals surface area (Å²) in [5, 5.41) is 1.02. The fourth-order valence-electron chi connectivity index (χ4n) is 2.09. The third-order valence-electron chi connectivity index (χ3n) is 3.16. The molecule has 0 aliphatic carbocycles. The molecule has 0 atom stereocenters.